The first kappa shape index (κ1) is 30.8. The second-order valence-electron chi connectivity index (χ2n) is 8.38. The van der Waals surface area contributed by atoms with Gasteiger partial charge in [-0.25, -0.2) is 9.37 Å². The van der Waals surface area contributed by atoms with Crippen molar-refractivity contribution in [2.24, 2.45) is 0 Å². The predicted octanol–water partition coefficient (Wildman–Crippen LogP) is 3.24. The van der Waals surface area contributed by atoms with Crippen LogP contribution in [0, 0.1) is 5.82 Å². The number of phenolic OH excluding ortho intramolecular Hbond substituents is 1. The van der Waals surface area contributed by atoms with Crippen molar-refractivity contribution in [1.29, 1.82) is 0 Å². The van der Waals surface area contributed by atoms with Crippen LogP contribution in [0.15, 0.2) is 66.9 Å². The zero-order valence-corrected chi connectivity index (χ0v) is 23.1. The van der Waals surface area contributed by atoms with Crippen molar-refractivity contribution in [3.8, 4) is 16.9 Å². The van der Waals surface area contributed by atoms with Gasteiger partial charge in [0.05, 0.1) is 19.0 Å². The average Bonchev–Trinajstić information content (AvgIpc) is 2.88. The maximum Gasteiger partial charge on any atom is 0.305 e. The zero-order chi connectivity index (χ0) is 26.6. The smallest absolute Gasteiger partial charge is 0.305 e. The van der Waals surface area contributed by atoms with Crippen LogP contribution in [-0.4, -0.2) is 75.6 Å². The van der Waals surface area contributed by atoms with Crippen LogP contribution < -0.4 is 16.0 Å². The molecular formula is C27H29FN4NaO5. The fourth-order valence-corrected chi connectivity index (χ4v) is 3.67. The molecule has 9 nitrogen and oxygen atoms in total. The molecule has 0 fully saturated rings. The Labute approximate surface area is 242 Å². The zero-order valence-electron chi connectivity index (χ0n) is 21.1. The van der Waals surface area contributed by atoms with E-state index in [4.69, 9.17) is 0 Å². The molecule has 0 saturated carbocycles. The van der Waals surface area contributed by atoms with E-state index in [2.05, 4.69) is 20.9 Å². The number of carboxylic acid groups (broad SMARTS) is 1. The third kappa shape index (κ3) is 10.1. The van der Waals surface area contributed by atoms with Crippen molar-refractivity contribution in [1.82, 2.24) is 15.6 Å². The van der Waals surface area contributed by atoms with Crippen LogP contribution in [0.2, 0.25) is 0 Å². The maximum atomic E-state index is 13.2. The molecule has 195 valence electrons. The molecule has 0 aliphatic rings. The second-order valence-corrected chi connectivity index (χ2v) is 8.38. The van der Waals surface area contributed by atoms with E-state index < -0.39 is 30.2 Å². The number of rotatable bonds is 13. The summed E-state index contributed by atoms with van der Waals surface area (Å²) in [5.74, 6) is -1.77. The summed E-state index contributed by atoms with van der Waals surface area (Å²) in [6, 6.07) is 14.7. The number of aromatic nitrogens is 1. The number of unbranched alkanes of at least 4 members (excludes halogenated alkanes) is 1. The number of carboxylic acids is 1. The maximum absolute atomic E-state index is 13.2. The number of hydrogen-bond acceptors (Lipinski definition) is 6. The quantitative estimate of drug-likeness (QED) is 0.168. The molecule has 3 rings (SSSR count). The number of nitrogens with zero attached hydrogens (tertiary/aromatic N) is 1. The van der Waals surface area contributed by atoms with Crippen LogP contribution in [0.4, 0.5) is 10.2 Å². The monoisotopic (exact) mass is 531 g/mol. The number of hydrogen-bond donors (Lipinski definition) is 5. The number of anilines is 1. The minimum Gasteiger partial charge on any atom is -0.507 e. The van der Waals surface area contributed by atoms with E-state index in [0.717, 1.165) is 12.2 Å². The summed E-state index contributed by atoms with van der Waals surface area (Å²) in [5.41, 5.74) is 1.40. The van der Waals surface area contributed by atoms with E-state index in [1.165, 1.54) is 30.3 Å². The van der Waals surface area contributed by atoms with Crippen molar-refractivity contribution in [3.05, 3.63) is 78.2 Å². The molecule has 1 atom stereocenters. The van der Waals surface area contributed by atoms with Crippen molar-refractivity contribution >= 4 is 53.2 Å². The van der Waals surface area contributed by atoms with Gasteiger partial charge in [0.25, 0.3) is 0 Å². The SMILES string of the molecule is O=C(O)CC(NC(=O)CNC(=O)CCCCNc1ccccn1)c1ccc(-c2ccc(F)cc2)c(O)c1.[Na]. The van der Waals surface area contributed by atoms with Gasteiger partial charge >= 0.3 is 5.97 Å². The summed E-state index contributed by atoms with van der Waals surface area (Å²) >= 11 is 0. The molecule has 0 bridgehead atoms. The molecule has 2 amide bonds. The van der Waals surface area contributed by atoms with Gasteiger partial charge < -0.3 is 26.2 Å². The molecule has 1 radical (unpaired) electrons. The molecule has 11 heteroatoms. The minimum absolute atomic E-state index is 0. The molecule has 2 aromatic carbocycles. The Kier molecular flexibility index (Phi) is 12.7. The van der Waals surface area contributed by atoms with E-state index >= 15 is 0 Å². The van der Waals surface area contributed by atoms with Crippen LogP contribution in [-0.2, 0) is 14.4 Å². The number of aromatic hydroxyl groups is 1. The first-order chi connectivity index (χ1) is 17.8. The Morgan fingerprint density at radius 3 is 2.39 bits per heavy atom. The normalized spacial score (nSPS) is 11.1. The van der Waals surface area contributed by atoms with Gasteiger partial charge in [0, 0.05) is 54.3 Å². The second kappa shape index (κ2) is 15.7. The number of carbonyl (C=O) groups is 3. The molecule has 3 aromatic rings. The Hall–Kier alpha value is -3.47. The van der Waals surface area contributed by atoms with Crippen molar-refractivity contribution in [3.63, 3.8) is 0 Å². The van der Waals surface area contributed by atoms with Gasteiger partial charge in [-0.05, 0) is 54.3 Å². The standard InChI is InChI=1S/C27H29FN4O5.Na/c28-20-10-7-18(8-11-20)21-12-9-19(15-23(21)33)22(16-27(36)37)32-26(35)17-31-25(34)6-2-4-14-30-24-5-1-3-13-29-24;/h1,3,5,7-13,15,22,33H,2,4,6,14,16-17H2,(H,29,30)(H,31,34)(H,32,35)(H,36,37);. The summed E-state index contributed by atoms with van der Waals surface area (Å²) in [6.45, 7) is 0.356. The van der Waals surface area contributed by atoms with Crippen LogP contribution in [0.3, 0.4) is 0 Å². The van der Waals surface area contributed by atoms with Gasteiger partial charge in [-0.2, -0.15) is 0 Å². The van der Waals surface area contributed by atoms with Crippen LogP contribution in [0.25, 0.3) is 11.1 Å². The number of amides is 2. The summed E-state index contributed by atoms with van der Waals surface area (Å²) in [4.78, 5) is 40.0. The fourth-order valence-electron chi connectivity index (χ4n) is 3.67. The van der Waals surface area contributed by atoms with Crippen molar-refractivity contribution < 1.29 is 29.0 Å². The van der Waals surface area contributed by atoms with Crippen molar-refractivity contribution in [2.45, 2.75) is 31.7 Å². The number of pyridine rings is 1. The van der Waals surface area contributed by atoms with Gasteiger partial charge in [0.2, 0.25) is 11.8 Å². The largest absolute Gasteiger partial charge is 0.507 e. The van der Waals surface area contributed by atoms with Crippen LogP contribution >= 0.6 is 0 Å². The van der Waals surface area contributed by atoms with Gasteiger partial charge in [-0.1, -0.05) is 30.3 Å². The molecule has 1 unspecified atom stereocenters. The van der Waals surface area contributed by atoms with Crippen LogP contribution in [0.5, 0.6) is 5.75 Å². The topological polar surface area (TPSA) is 141 Å². The number of aliphatic carboxylic acids is 1. The Morgan fingerprint density at radius 2 is 1.74 bits per heavy atom. The fraction of sp³-hybridized carbons (Fsp3) is 0.259. The predicted molar refractivity (Wildman–Crippen MR) is 142 cm³/mol. The molecule has 5 N–H and O–H groups in total. The number of nitrogens with one attached hydrogen (secondary N) is 3. The van der Waals surface area contributed by atoms with Crippen molar-refractivity contribution in [2.75, 3.05) is 18.4 Å². The molecular weight excluding hydrogens is 502 g/mol. The molecule has 1 heterocycles. The third-order valence-corrected chi connectivity index (χ3v) is 5.54. The molecule has 1 aromatic heterocycles. The molecule has 0 saturated heterocycles. The number of phenols is 1. The van der Waals surface area contributed by atoms with Crippen LogP contribution in [0.1, 0.15) is 37.3 Å². The molecule has 0 aliphatic carbocycles. The summed E-state index contributed by atoms with van der Waals surface area (Å²) in [5, 5.41) is 28.0. The van der Waals surface area contributed by atoms with E-state index in [0.29, 0.717) is 29.7 Å². The molecule has 38 heavy (non-hydrogen) atoms. The van der Waals surface area contributed by atoms with E-state index in [9.17, 15) is 29.0 Å². The molecule has 0 spiro atoms. The van der Waals surface area contributed by atoms with Gasteiger partial charge in [-0.15, -0.1) is 0 Å². The minimum atomic E-state index is -1.14. The molecule has 0 aliphatic heterocycles. The summed E-state index contributed by atoms with van der Waals surface area (Å²) in [7, 11) is 0. The van der Waals surface area contributed by atoms with Gasteiger partial charge in [0.15, 0.2) is 0 Å². The first-order valence-electron chi connectivity index (χ1n) is 11.8. The first-order valence-corrected chi connectivity index (χ1v) is 11.8. The number of carbonyl (C=O) groups excluding carboxylic acids is 2. The van der Waals surface area contributed by atoms with E-state index in [1.54, 1.807) is 18.3 Å². The number of benzene rings is 2. The summed E-state index contributed by atoms with van der Waals surface area (Å²) in [6.07, 6.45) is 2.88. The average molecular weight is 532 g/mol. The van der Waals surface area contributed by atoms with E-state index in [-0.39, 0.29) is 54.2 Å². The third-order valence-electron chi connectivity index (χ3n) is 5.54. The Morgan fingerprint density at radius 1 is 0.974 bits per heavy atom. The Balaban J connectivity index is 0.00000507. The van der Waals surface area contributed by atoms with Gasteiger partial charge in [0.1, 0.15) is 17.4 Å². The number of halogens is 1. The van der Waals surface area contributed by atoms with Gasteiger partial charge in [-0.3, -0.25) is 14.4 Å². The summed E-state index contributed by atoms with van der Waals surface area (Å²) < 4.78 is 13.2. The van der Waals surface area contributed by atoms with E-state index in [1.807, 2.05) is 18.2 Å². The Bertz CT molecular complexity index is 1210.